The summed E-state index contributed by atoms with van der Waals surface area (Å²) >= 11 is 0. The molecule has 1 fully saturated rings. The molecule has 12 heavy (non-hydrogen) atoms. The standard InChI is InChI=1S/C8H17NO2S/c1-7(12(2,10)11)8-3-5-9-6-4-8/h7-9H,3-6H2,1-2H3. The lowest BCUT2D eigenvalue weighted by atomic mass is 9.95. The van der Waals surface area contributed by atoms with Gasteiger partial charge in [-0.2, -0.15) is 0 Å². The quantitative estimate of drug-likeness (QED) is 0.688. The first kappa shape index (κ1) is 9.99. The first-order chi connectivity index (χ1) is 5.52. The molecule has 0 aromatic carbocycles. The number of sulfone groups is 1. The molecule has 0 aliphatic carbocycles. The van der Waals surface area contributed by atoms with Crippen molar-refractivity contribution >= 4 is 9.84 Å². The van der Waals surface area contributed by atoms with Gasteiger partial charge in [-0.1, -0.05) is 0 Å². The summed E-state index contributed by atoms with van der Waals surface area (Å²) in [5.41, 5.74) is 0. The zero-order chi connectivity index (χ0) is 9.19. The van der Waals surface area contributed by atoms with Gasteiger partial charge in [-0.25, -0.2) is 8.42 Å². The maximum absolute atomic E-state index is 11.2. The first-order valence-corrected chi connectivity index (χ1v) is 6.37. The summed E-state index contributed by atoms with van der Waals surface area (Å²) in [5.74, 6) is 0.362. The van der Waals surface area contributed by atoms with Gasteiger partial charge in [-0.15, -0.1) is 0 Å². The summed E-state index contributed by atoms with van der Waals surface area (Å²) in [5, 5.41) is 3.06. The van der Waals surface area contributed by atoms with Crippen molar-refractivity contribution in [3.63, 3.8) is 0 Å². The Morgan fingerprint density at radius 3 is 2.25 bits per heavy atom. The van der Waals surface area contributed by atoms with Crippen LogP contribution in [0.1, 0.15) is 19.8 Å². The van der Waals surface area contributed by atoms with Gasteiger partial charge >= 0.3 is 0 Å². The minimum Gasteiger partial charge on any atom is -0.317 e. The van der Waals surface area contributed by atoms with Crippen molar-refractivity contribution in [3.8, 4) is 0 Å². The second-order valence-corrected chi connectivity index (χ2v) is 6.02. The van der Waals surface area contributed by atoms with Crippen molar-refractivity contribution in [1.29, 1.82) is 0 Å². The molecule has 0 aromatic rings. The minimum absolute atomic E-state index is 0.167. The summed E-state index contributed by atoms with van der Waals surface area (Å²) < 4.78 is 22.4. The maximum atomic E-state index is 11.2. The average Bonchev–Trinajstić information content (AvgIpc) is 2.03. The maximum Gasteiger partial charge on any atom is 0.150 e. The van der Waals surface area contributed by atoms with Gasteiger partial charge in [0.15, 0.2) is 0 Å². The molecule has 0 spiro atoms. The molecule has 1 aliphatic rings. The molecule has 1 saturated heterocycles. The molecule has 1 atom stereocenters. The molecule has 0 radical (unpaired) electrons. The molecule has 1 unspecified atom stereocenters. The van der Waals surface area contributed by atoms with Gasteiger partial charge in [-0.3, -0.25) is 0 Å². The second kappa shape index (κ2) is 3.75. The molecule has 1 N–H and O–H groups in total. The van der Waals surface area contributed by atoms with E-state index < -0.39 is 9.84 Å². The number of nitrogens with one attached hydrogen (secondary N) is 1. The van der Waals surface area contributed by atoms with Crippen LogP contribution in [0.3, 0.4) is 0 Å². The Hall–Kier alpha value is -0.0900. The van der Waals surface area contributed by atoms with Crippen LogP contribution in [0.2, 0.25) is 0 Å². The van der Waals surface area contributed by atoms with Gasteiger partial charge in [0.1, 0.15) is 9.84 Å². The van der Waals surface area contributed by atoms with Crippen molar-refractivity contribution in [2.24, 2.45) is 5.92 Å². The lowest BCUT2D eigenvalue weighted by Crippen LogP contribution is -2.36. The van der Waals surface area contributed by atoms with Crippen molar-refractivity contribution < 1.29 is 8.42 Å². The van der Waals surface area contributed by atoms with E-state index in [2.05, 4.69) is 5.32 Å². The van der Waals surface area contributed by atoms with E-state index in [4.69, 9.17) is 0 Å². The second-order valence-electron chi connectivity index (χ2n) is 3.62. The predicted molar refractivity (Wildman–Crippen MR) is 49.9 cm³/mol. The van der Waals surface area contributed by atoms with Crippen LogP contribution in [0.5, 0.6) is 0 Å². The van der Waals surface area contributed by atoms with E-state index in [1.807, 2.05) is 6.92 Å². The van der Waals surface area contributed by atoms with Crippen LogP contribution in [0.15, 0.2) is 0 Å². The summed E-state index contributed by atoms with van der Waals surface area (Å²) in [7, 11) is -2.83. The third-order valence-electron chi connectivity index (χ3n) is 2.72. The normalized spacial score (nSPS) is 23.8. The summed E-state index contributed by atoms with van der Waals surface area (Å²) in [6.45, 7) is 3.75. The molecule has 0 amide bonds. The van der Waals surface area contributed by atoms with E-state index in [-0.39, 0.29) is 5.25 Å². The highest BCUT2D eigenvalue weighted by molar-refractivity contribution is 7.91. The van der Waals surface area contributed by atoms with E-state index in [1.165, 1.54) is 6.26 Å². The largest absolute Gasteiger partial charge is 0.317 e. The molecule has 3 nitrogen and oxygen atoms in total. The molecular formula is C8H17NO2S. The van der Waals surface area contributed by atoms with Gasteiger partial charge in [-0.05, 0) is 38.8 Å². The zero-order valence-corrected chi connectivity index (χ0v) is 8.52. The number of rotatable bonds is 2. The molecular weight excluding hydrogens is 174 g/mol. The smallest absolute Gasteiger partial charge is 0.150 e. The number of hydrogen-bond acceptors (Lipinski definition) is 3. The Labute approximate surface area is 74.5 Å². The van der Waals surface area contributed by atoms with E-state index in [9.17, 15) is 8.42 Å². The van der Waals surface area contributed by atoms with Gasteiger partial charge in [0.25, 0.3) is 0 Å². The van der Waals surface area contributed by atoms with Crippen LogP contribution in [0.25, 0.3) is 0 Å². The monoisotopic (exact) mass is 191 g/mol. The van der Waals surface area contributed by atoms with Crippen molar-refractivity contribution in [1.82, 2.24) is 5.32 Å². The summed E-state index contributed by atoms with van der Waals surface area (Å²) in [6, 6.07) is 0. The highest BCUT2D eigenvalue weighted by Gasteiger charge is 2.26. The van der Waals surface area contributed by atoms with Crippen LogP contribution in [-0.2, 0) is 9.84 Å². The van der Waals surface area contributed by atoms with Crippen molar-refractivity contribution in [3.05, 3.63) is 0 Å². The van der Waals surface area contributed by atoms with Crippen LogP contribution >= 0.6 is 0 Å². The molecule has 1 rings (SSSR count). The zero-order valence-electron chi connectivity index (χ0n) is 7.71. The summed E-state index contributed by atoms with van der Waals surface area (Å²) in [4.78, 5) is 0. The lowest BCUT2D eigenvalue weighted by molar-refractivity contribution is 0.364. The van der Waals surface area contributed by atoms with Crippen LogP contribution in [0, 0.1) is 5.92 Å². The highest BCUT2D eigenvalue weighted by Crippen LogP contribution is 2.20. The van der Waals surface area contributed by atoms with Gasteiger partial charge < -0.3 is 5.32 Å². The van der Waals surface area contributed by atoms with Gasteiger partial charge in [0.2, 0.25) is 0 Å². The molecule has 1 aliphatic heterocycles. The SMILES string of the molecule is CC(C1CCNCC1)S(C)(=O)=O. The molecule has 0 saturated carbocycles. The topological polar surface area (TPSA) is 46.2 Å². The third-order valence-corrected chi connectivity index (χ3v) is 4.46. The number of hydrogen-bond donors (Lipinski definition) is 1. The highest BCUT2D eigenvalue weighted by atomic mass is 32.2. The fraction of sp³-hybridized carbons (Fsp3) is 1.00. The van der Waals surface area contributed by atoms with E-state index >= 15 is 0 Å². The van der Waals surface area contributed by atoms with Crippen molar-refractivity contribution in [2.75, 3.05) is 19.3 Å². The van der Waals surface area contributed by atoms with Gasteiger partial charge in [0.05, 0.1) is 5.25 Å². The number of piperidine rings is 1. The Morgan fingerprint density at radius 2 is 1.83 bits per heavy atom. The van der Waals surface area contributed by atoms with E-state index in [0.717, 1.165) is 25.9 Å². The van der Waals surface area contributed by atoms with Crippen LogP contribution in [-0.4, -0.2) is 33.0 Å². The van der Waals surface area contributed by atoms with Crippen molar-refractivity contribution in [2.45, 2.75) is 25.0 Å². The fourth-order valence-electron chi connectivity index (χ4n) is 1.66. The molecule has 0 aromatic heterocycles. The van der Waals surface area contributed by atoms with Gasteiger partial charge in [0, 0.05) is 6.26 Å². The van der Waals surface area contributed by atoms with Crippen LogP contribution in [0.4, 0.5) is 0 Å². The fourth-order valence-corrected chi connectivity index (χ4v) is 2.63. The first-order valence-electron chi connectivity index (χ1n) is 4.41. The Balaban J connectivity index is 2.57. The third kappa shape index (κ3) is 2.45. The molecule has 1 heterocycles. The Morgan fingerprint density at radius 1 is 1.33 bits per heavy atom. The van der Waals surface area contributed by atoms with E-state index in [0.29, 0.717) is 5.92 Å². The predicted octanol–water partition coefficient (Wildman–Crippen LogP) is 0.419. The minimum atomic E-state index is -2.83. The lowest BCUT2D eigenvalue weighted by Gasteiger charge is -2.26. The molecule has 72 valence electrons. The van der Waals surface area contributed by atoms with E-state index in [1.54, 1.807) is 0 Å². The Bertz CT molecular complexity index is 229. The average molecular weight is 191 g/mol. The summed E-state index contributed by atoms with van der Waals surface area (Å²) in [6.07, 6.45) is 3.32. The molecule has 4 heteroatoms. The Kier molecular flexibility index (Phi) is 3.12. The molecule has 0 bridgehead atoms. The van der Waals surface area contributed by atoms with Crippen LogP contribution < -0.4 is 5.32 Å².